The van der Waals surface area contributed by atoms with E-state index in [1.54, 1.807) is 0 Å². The molecule has 0 aromatic heterocycles. The third kappa shape index (κ3) is 28.5. The Morgan fingerprint density at radius 2 is 1.00 bits per heavy atom. The fourth-order valence-electron chi connectivity index (χ4n) is 3.78. The summed E-state index contributed by atoms with van der Waals surface area (Å²) in [7, 11) is 0. The molecule has 0 unspecified atom stereocenters. The van der Waals surface area contributed by atoms with Gasteiger partial charge < -0.3 is 4.74 Å². The molecule has 0 rings (SSSR count). The lowest BCUT2D eigenvalue weighted by Gasteiger charge is -2.05. The highest BCUT2D eigenvalue weighted by Gasteiger charge is 2.02. The maximum absolute atomic E-state index is 11.8. The van der Waals surface area contributed by atoms with Crippen LogP contribution in [0.2, 0.25) is 0 Å². The molecular weight excluding hydrogens is 416 g/mol. The second-order valence-corrected chi connectivity index (χ2v) is 9.34. The summed E-state index contributed by atoms with van der Waals surface area (Å²) in [5.41, 5.74) is 0. The molecule has 0 saturated heterocycles. The average Bonchev–Trinajstić information content (AvgIpc) is 2.84. The highest BCUT2D eigenvalue weighted by Crippen LogP contribution is 2.10. The van der Waals surface area contributed by atoms with Gasteiger partial charge in [-0.1, -0.05) is 120 Å². The lowest BCUT2D eigenvalue weighted by atomic mass is 10.1. The molecule has 2 nitrogen and oxygen atoms in total. The summed E-state index contributed by atoms with van der Waals surface area (Å²) in [4.78, 5) is 11.8. The molecule has 0 N–H and O–H groups in total. The summed E-state index contributed by atoms with van der Waals surface area (Å²) < 4.78 is 5.39. The standard InChI is InChI=1S/C32H56O2/c1-3-5-7-9-11-13-15-16-17-18-19-21-23-25-27-29-31-34-32(33)30-28-26-24-22-20-14-12-10-8-6-4-2/h5,7,10-13,16-17H,3-4,6,8-9,14-15,18-31H2,1-2H3/b7-5+,12-10-,13-11+,17-16+. The van der Waals surface area contributed by atoms with Gasteiger partial charge in [-0.3, -0.25) is 4.79 Å². The number of ether oxygens (including phenoxy) is 1. The minimum atomic E-state index is -0.00193. The van der Waals surface area contributed by atoms with Crippen molar-refractivity contribution in [2.75, 3.05) is 6.61 Å². The molecule has 0 atom stereocenters. The molecule has 0 amide bonds. The van der Waals surface area contributed by atoms with Crippen LogP contribution in [0.25, 0.3) is 0 Å². The second kappa shape index (κ2) is 29.5. The first-order chi connectivity index (χ1) is 16.8. The molecule has 34 heavy (non-hydrogen) atoms. The molecule has 0 aromatic rings. The third-order valence-electron chi connectivity index (χ3n) is 5.95. The Kier molecular flexibility index (Phi) is 28.1. The van der Waals surface area contributed by atoms with E-state index in [4.69, 9.17) is 4.74 Å². The van der Waals surface area contributed by atoms with Crippen LogP contribution in [-0.4, -0.2) is 12.6 Å². The Bertz CT molecular complexity index is 527. The quantitative estimate of drug-likeness (QED) is 0.0750. The Labute approximate surface area is 213 Å². The van der Waals surface area contributed by atoms with Gasteiger partial charge in [0.1, 0.15) is 0 Å². The summed E-state index contributed by atoms with van der Waals surface area (Å²) in [6, 6.07) is 0. The first-order valence-electron chi connectivity index (χ1n) is 14.6. The normalized spacial score (nSPS) is 12.2. The van der Waals surface area contributed by atoms with E-state index in [1.807, 2.05) is 0 Å². The van der Waals surface area contributed by atoms with Gasteiger partial charge in [-0.05, 0) is 64.2 Å². The van der Waals surface area contributed by atoms with Gasteiger partial charge in [0, 0.05) is 6.42 Å². The third-order valence-corrected chi connectivity index (χ3v) is 5.95. The Balaban J connectivity index is 3.28. The van der Waals surface area contributed by atoms with Crippen molar-refractivity contribution >= 4 is 5.97 Å². The zero-order valence-electron chi connectivity index (χ0n) is 22.8. The van der Waals surface area contributed by atoms with E-state index >= 15 is 0 Å². The molecule has 0 spiro atoms. The van der Waals surface area contributed by atoms with Gasteiger partial charge in [0.2, 0.25) is 0 Å². The number of rotatable bonds is 25. The van der Waals surface area contributed by atoms with Crippen molar-refractivity contribution in [3.63, 3.8) is 0 Å². The van der Waals surface area contributed by atoms with Crippen molar-refractivity contribution in [1.29, 1.82) is 0 Å². The molecule has 0 aliphatic rings. The lowest BCUT2D eigenvalue weighted by molar-refractivity contribution is -0.143. The van der Waals surface area contributed by atoms with Gasteiger partial charge >= 0.3 is 5.97 Å². The number of hydrogen-bond acceptors (Lipinski definition) is 2. The van der Waals surface area contributed by atoms with Crippen LogP contribution in [0.3, 0.4) is 0 Å². The van der Waals surface area contributed by atoms with Crippen LogP contribution in [0, 0.1) is 0 Å². The monoisotopic (exact) mass is 472 g/mol. The number of unbranched alkanes of at least 4 members (excludes halogenated alkanes) is 13. The van der Waals surface area contributed by atoms with Crippen molar-refractivity contribution in [3.05, 3.63) is 48.6 Å². The van der Waals surface area contributed by atoms with E-state index in [1.165, 1.54) is 83.5 Å². The first kappa shape index (κ1) is 32.4. The highest BCUT2D eigenvalue weighted by molar-refractivity contribution is 5.69. The van der Waals surface area contributed by atoms with Crippen molar-refractivity contribution < 1.29 is 9.53 Å². The summed E-state index contributed by atoms with van der Waals surface area (Å²) in [5.74, 6) is -0.00193. The van der Waals surface area contributed by atoms with E-state index in [9.17, 15) is 4.79 Å². The molecule has 0 aliphatic heterocycles. The van der Waals surface area contributed by atoms with Crippen LogP contribution >= 0.6 is 0 Å². The van der Waals surface area contributed by atoms with Crippen LogP contribution in [-0.2, 0) is 9.53 Å². The molecule has 0 bridgehead atoms. The van der Waals surface area contributed by atoms with Gasteiger partial charge in [0.25, 0.3) is 0 Å². The second-order valence-electron chi connectivity index (χ2n) is 9.34. The van der Waals surface area contributed by atoms with Crippen molar-refractivity contribution in [2.45, 2.75) is 142 Å². The van der Waals surface area contributed by atoms with Crippen LogP contribution in [0.5, 0.6) is 0 Å². The average molecular weight is 473 g/mol. The molecule has 0 radical (unpaired) electrons. The molecule has 0 heterocycles. The molecule has 2 heteroatoms. The number of carbonyl (C=O) groups excluding carboxylic acids is 1. The number of carbonyl (C=O) groups is 1. The van der Waals surface area contributed by atoms with E-state index in [2.05, 4.69) is 62.5 Å². The van der Waals surface area contributed by atoms with Crippen LogP contribution < -0.4 is 0 Å². The van der Waals surface area contributed by atoms with E-state index in [0.29, 0.717) is 13.0 Å². The molecule has 196 valence electrons. The summed E-state index contributed by atoms with van der Waals surface area (Å²) in [6.07, 6.45) is 41.5. The van der Waals surface area contributed by atoms with E-state index < -0.39 is 0 Å². The zero-order valence-corrected chi connectivity index (χ0v) is 22.8. The molecule has 0 aliphatic carbocycles. The van der Waals surface area contributed by atoms with E-state index in [0.717, 1.165) is 38.5 Å². The number of hydrogen-bond donors (Lipinski definition) is 0. The number of allylic oxidation sites excluding steroid dienone is 8. The molecule has 0 saturated carbocycles. The lowest BCUT2D eigenvalue weighted by Crippen LogP contribution is -2.05. The van der Waals surface area contributed by atoms with Gasteiger partial charge in [0.05, 0.1) is 6.61 Å². The van der Waals surface area contributed by atoms with Crippen molar-refractivity contribution in [3.8, 4) is 0 Å². The summed E-state index contributed by atoms with van der Waals surface area (Å²) in [5, 5.41) is 0. The minimum absolute atomic E-state index is 0.00193. The topological polar surface area (TPSA) is 26.3 Å². The van der Waals surface area contributed by atoms with Gasteiger partial charge in [-0.25, -0.2) is 0 Å². The zero-order chi connectivity index (χ0) is 24.8. The Morgan fingerprint density at radius 3 is 1.62 bits per heavy atom. The largest absolute Gasteiger partial charge is 0.466 e. The number of esters is 1. The smallest absolute Gasteiger partial charge is 0.305 e. The van der Waals surface area contributed by atoms with Crippen LogP contribution in [0.1, 0.15) is 142 Å². The Hall–Kier alpha value is -1.57. The van der Waals surface area contributed by atoms with Gasteiger partial charge in [-0.15, -0.1) is 0 Å². The van der Waals surface area contributed by atoms with Crippen LogP contribution in [0.15, 0.2) is 48.6 Å². The van der Waals surface area contributed by atoms with Gasteiger partial charge in [0.15, 0.2) is 0 Å². The van der Waals surface area contributed by atoms with Crippen LogP contribution in [0.4, 0.5) is 0 Å². The minimum Gasteiger partial charge on any atom is -0.466 e. The fraction of sp³-hybridized carbons (Fsp3) is 0.719. The van der Waals surface area contributed by atoms with E-state index in [-0.39, 0.29) is 5.97 Å². The maximum atomic E-state index is 11.8. The molecule has 0 aromatic carbocycles. The van der Waals surface area contributed by atoms with Gasteiger partial charge in [-0.2, -0.15) is 0 Å². The summed E-state index contributed by atoms with van der Waals surface area (Å²) >= 11 is 0. The van der Waals surface area contributed by atoms with Crippen molar-refractivity contribution in [2.24, 2.45) is 0 Å². The molecule has 0 fully saturated rings. The first-order valence-corrected chi connectivity index (χ1v) is 14.6. The Morgan fingerprint density at radius 1 is 0.529 bits per heavy atom. The predicted octanol–water partition coefficient (Wildman–Crippen LogP) is 10.6. The highest BCUT2D eigenvalue weighted by atomic mass is 16.5. The molecular formula is C32H56O2. The predicted molar refractivity (Wildman–Crippen MR) is 151 cm³/mol. The SMILES string of the molecule is CC/C=C/C/C=C/C/C=C/CCCCCCCCOC(=O)CCCCCCC/C=C\CCCC. The fourth-order valence-corrected chi connectivity index (χ4v) is 3.78. The summed E-state index contributed by atoms with van der Waals surface area (Å²) in [6.45, 7) is 5.01. The maximum Gasteiger partial charge on any atom is 0.305 e. The van der Waals surface area contributed by atoms with Crippen molar-refractivity contribution in [1.82, 2.24) is 0 Å².